The van der Waals surface area contributed by atoms with Crippen LogP contribution in [0, 0.1) is 5.41 Å². The van der Waals surface area contributed by atoms with Gasteiger partial charge in [-0.2, -0.15) is 0 Å². The number of hydrogen-bond acceptors (Lipinski definition) is 6. The number of benzene rings is 1. The van der Waals surface area contributed by atoms with E-state index in [1.54, 1.807) is 19.1 Å². The Morgan fingerprint density at radius 1 is 1.17 bits per heavy atom. The summed E-state index contributed by atoms with van der Waals surface area (Å²) in [7, 11) is 3.21. The molecule has 0 N–H and O–H groups in total. The van der Waals surface area contributed by atoms with E-state index in [-0.39, 0.29) is 11.8 Å². The third kappa shape index (κ3) is 3.58. The van der Waals surface area contributed by atoms with Gasteiger partial charge in [-0.25, -0.2) is 4.98 Å². The van der Waals surface area contributed by atoms with Gasteiger partial charge in [0.25, 0.3) is 5.91 Å². The lowest BCUT2D eigenvalue weighted by atomic mass is 9.78. The van der Waals surface area contributed by atoms with Crippen LogP contribution in [0.5, 0.6) is 11.5 Å². The Bertz CT molecular complexity index is 936. The van der Waals surface area contributed by atoms with Crippen LogP contribution in [0.2, 0.25) is 0 Å². The van der Waals surface area contributed by atoms with Crippen LogP contribution in [0.25, 0.3) is 0 Å². The number of nitrogens with zero attached hydrogens (tertiary/aromatic N) is 4. The minimum Gasteiger partial charge on any atom is -0.493 e. The van der Waals surface area contributed by atoms with E-state index in [2.05, 4.69) is 9.97 Å². The van der Waals surface area contributed by atoms with Crippen molar-refractivity contribution in [3.63, 3.8) is 0 Å². The molecule has 4 rings (SSSR count). The second kappa shape index (κ2) is 8.30. The van der Waals surface area contributed by atoms with E-state index < -0.39 is 5.41 Å². The molecule has 2 amide bonds. The van der Waals surface area contributed by atoms with Gasteiger partial charge in [0.2, 0.25) is 5.91 Å². The van der Waals surface area contributed by atoms with Gasteiger partial charge in [-0.05, 0) is 25.3 Å². The van der Waals surface area contributed by atoms with Crippen molar-refractivity contribution in [2.24, 2.45) is 5.41 Å². The van der Waals surface area contributed by atoms with Crippen molar-refractivity contribution in [2.75, 3.05) is 33.9 Å². The first-order valence-corrected chi connectivity index (χ1v) is 10.1. The van der Waals surface area contributed by atoms with Crippen LogP contribution in [0.4, 0.5) is 0 Å². The first-order chi connectivity index (χ1) is 14.6. The molecule has 0 saturated carbocycles. The van der Waals surface area contributed by atoms with E-state index in [1.165, 1.54) is 18.6 Å². The molecule has 8 heteroatoms. The van der Waals surface area contributed by atoms with Crippen LogP contribution in [-0.4, -0.2) is 65.4 Å². The Hall–Kier alpha value is -3.16. The summed E-state index contributed by atoms with van der Waals surface area (Å²) in [6.07, 6.45) is 6.89. The molecule has 1 spiro atoms. The maximum absolute atomic E-state index is 13.5. The fourth-order valence-electron chi connectivity index (χ4n) is 4.58. The molecule has 8 nitrogen and oxygen atoms in total. The number of rotatable bonds is 5. The van der Waals surface area contributed by atoms with E-state index in [1.807, 2.05) is 23.1 Å². The summed E-state index contributed by atoms with van der Waals surface area (Å²) < 4.78 is 10.9. The van der Waals surface area contributed by atoms with Crippen molar-refractivity contribution in [2.45, 2.75) is 25.8 Å². The number of piperidine rings is 1. The highest BCUT2D eigenvalue weighted by atomic mass is 16.5. The summed E-state index contributed by atoms with van der Waals surface area (Å²) in [6, 6.07) is 5.70. The third-order valence-corrected chi connectivity index (χ3v) is 6.09. The minimum atomic E-state index is -0.526. The van der Waals surface area contributed by atoms with Crippen molar-refractivity contribution < 1.29 is 19.1 Å². The maximum Gasteiger partial charge on any atom is 0.274 e. The zero-order valence-electron chi connectivity index (χ0n) is 17.3. The summed E-state index contributed by atoms with van der Waals surface area (Å²) in [4.78, 5) is 38.0. The number of ether oxygens (including phenoxy) is 2. The van der Waals surface area contributed by atoms with Crippen LogP contribution >= 0.6 is 0 Å². The van der Waals surface area contributed by atoms with Gasteiger partial charge >= 0.3 is 0 Å². The van der Waals surface area contributed by atoms with Gasteiger partial charge in [0, 0.05) is 44.1 Å². The Kier molecular flexibility index (Phi) is 5.57. The highest BCUT2D eigenvalue weighted by molar-refractivity contribution is 5.93. The molecule has 1 aromatic heterocycles. The number of amides is 2. The molecule has 158 valence electrons. The van der Waals surface area contributed by atoms with Crippen molar-refractivity contribution in [1.82, 2.24) is 19.8 Å². The van der Waals surface area contributed by atoms with Gasteiger partial charge in [0.05, 0.1) is 25.8 Å². The topological polar surface area (TPSA) is 84.9 Å². The summed E-state index contributed by atoms with van der Waals surface area (Å²) >= 11 is 0. The largest absolute Gasteiger partial charge is 0.493 e. The predicted octanol–water partition coefficient (Wildman–Crippen LogP) is 2.15. The average molecular weight is 410 g/mol. The zero-order chi connectivity index (χ0) is 21.1. The fourth-order valence-corrected chi connectivity index (χ4v) is 4.58. The Balaban J connectivity index is 1.51. The van der Waals surface area contributed by atoms with E-state index >= 15 is 0 Å². The molecule has 1 aromatic carbocycles. The lowest BCUT2D eigenvalue weighted by Gasteiger charge is -2.39. The summed E-state index contributed by atoms with van der Waals surface area (Å²) in [5.41, 5.74) is 0.700. The first kappa shape index (κ1) is 20.1. The molecule has 0 radical (unpaired) electrons. The van der Waals surface area contributed by atoms with Crippen LogP contribution in [0.1, 0.15) is 35.3 Å². The normalized spacial score (nSPS) is 21.2. The number of carbonyl (C=O) groups is 2. The lowest BCUT2D eigenvalue weighted by molar-refractivity contribution is -0.146. The molecule has 1 atom stereocenters. The third-order valence-electron chi connectivity index (χ3n) is 6.09. The van der Waals surface area contributed by atoms with Crippen molar-refractivity contribution >= 4 is 11.8 Å². The second-order valence-corrected chi connectivity index (χ2v) is 7.83. The van der Waals surface area contributed by atoms with Crippen LogP contribution in [0.15, 0.2) is 36.8 Å². The molecule has 2 saturated heterocycles. The van der Waals surface area contributed by atoms with E-state index in [0.29, 0.717) is 49.8 Å². The smallest absolute Gasteiger partial charge is 0.274 e. The van der Waals surface area contributed by atoms with E-state index in [0.717, 1.165) is 18.4 Å². The predicted molar refractivity (Wildman–Crippen MR) is 109 cm³/mol. The van der Waals surface area contributed by atoms with Crippen LogP contribution < -0.4 is 9.47 Å². The number of aromatic nitrogens is 2. The molecule has 0 bridgehead atoms. The zero-order valence-corrected chi connectivity index (χ0v) is 17.3. The van der Waals surface area contributed by atoms with Gasteiger partial charge in [-0.1, -0.05) is 12.1 Å². The van der Waals surface area contributed by atoms with Crippen LogP contribution in [0.3, 0.4) is 0 Å². The average Bonchev–Trinajstić information content (AvgIpc) is 3.21. The molecular formula is C22H26N4O4. The molecule has 2 aliphatic rings. The maximum atomic E-state index is 13.5. The Morgan fingerprint density at radius 3 is 2.77 bits per heavy atom. The van der Waals surface area contributed by atoms with Crippen LogP contribution in [-0.2, 0) is 11.3 Å². The highest BCUT2D eigenvalue weighted by Crippen LogP contribution is 2.41. The molecule has 2 fully saturated rings. The highest BCUT2D eigenvalue weighted by Gasteiger charge is 2.49. The number of carbonyl (C=O) groups excluding carboxylic acids is 2. The summed E-state index contributed by atoms with van der Waals surface area (Å²) in [5, 5.41) is 0. The molecule has 0 unspecified atom stereocenters. The van der Waals surface area contributed by atoms with E-state index in [4.69, 9.17) is 9.47 Å². The SMILES string of the molecule is COc1cccc(CN2CCC[C@]3(CCN(C(=O)c4cnccn4)C3)C2=O)c1OC. The van der Waals surface area contributed by atoms with Gasteiger partial charge < -0.3 is 19.3 Å². The van der Waals surface area contributed by atoms with Crippen molar-refractivity contribution in [1.29, 1.82) is 0 Å². The minimum absolute atomic E-state index is 0.105. The van der Waals surface area contributed by atoms with Gasteiger partial charge in [-0.3, -0.25) is 14.6 Å². The number of para-hydroxylation sites is 1. The van der Waals surface area contributed by atoms with Gasteiger partial charge in [-0.15, -0.1) is 0 Å². The lowest BCUT2D eigenvalue weighted by Crippen LogP contribution is -2.50. The first-order valence-electron chi connectivity index (χ1n) is 10.1. The van der Waals surface area contributed by atoms with Gasteiger partial charge in [0.15, 0.2) is 11.5 Å². The second-order valence-electron chi connectivity index (χ2n) is 7.83. The monoisotopic (exact) mass is 410 g/mol. The number of likely N-dealkylation sites (tertiary alicyclic amines) is 2. The Morgan fingerprint density at radius 2 is 2.03 bits per heavy atom. The van der Waals surface area contributed by atoms with E-state index in [9.17, 15) is 9.59 Å². The van der Waals surface area contributed by atoms with Crippen molar-refractivity contribution in [3.8, 4) is 11.5 Å². The van der Waals surface area contributed by atoms with Gasteiger partial charge in [0.1, 0.15) is 5.69 Å². The Labute approximate surface area is 175 Å². The fraction of sp³-hybridized carbons (Fsp3) is 0.455. The summed E-state index contributed by atoms with van der Waals surface area (Å²) in [5.74, 6) is 1.24. The molecule has 3 heterocycles. The molecule has 30 heavy (non-hydrogen) atoms. The summed E-state index contributed by atoms with van der Waals surface area (Å²) in [6.45, 7) is 2.13. The molecule has 0 aliphatic carbocycles. The quantitative estimate of drug-likeness (QED) is 0.751. The number of hydrogen-bond donors (Lipinski definition) is 0. The molecular weight excluding hydrogens is 384 g/mol. The molecule has 2 aliphatic heterocycles. The standard InChI is InChI=1S/C22H26N4O4/c1-29-18-6-3-5-16(19(18)30-2)14-25-11-4-7-22(21(25)28)8-12-26(15-22)20(27)17-13-23-9-10-24-17/h3,5-6,9-10,13H,4,7-8,11-12,14-15H2,1-2H3/t22-/m1/s1. The number of methoxy groups -OCH3 is 2. The molecule has 2 aromatic rings. The van der Waals surface area contributed by atoms with Crippen molar-refractivity contribution in [3.05, 3.63) is 48.0 Å².